The molecule has 0 radical (unpaired) electrons. The molecular weight excluding hydrogens is 385 g/mol. The molecular formula is C21H23Cl2NO3. The number of halogens is 2. The fourth-order valence-corrected chi connectivity index (χ4v) is 4.22. The van der Waals surface area contributed by atoms with Gasteiger partial charge in [-0.15, -0.1) is 0 Å². The van der Waals surface area contributed by atoms with E-state index in [2.05, 4.69) is 5.32 Å². The van der Waals surface area contributed by atoms with Crippen LogP contribution in [0.1, 0.15) is 32.8 Å². The van der Waals surface area contributed by atoms with Crippen molar-refractivity contribution < 1.29 is 14.6 Å². The summed E-state index contributed by atoms with van der Waals surface area (Å²) in [5.74, 6) is 0.727. The fourth-order valence-electron chi connectivity index (χ4n) is 3.62. The first-order valence-corrected chi connectivity index (χ1v) is 9.66. The maximum absolute atomic E-state index is 11.3. The molecule has 0 saturated heterocycles. The van der Waals surface area contributed by atoms with Crippen LogP contribution in [0.2, 0.25) is 10.0 Å². The number of ether oxygens (including phenoxy) is 1. The number of benzene rings is 2. The number of carbonyl (C=O) groups is 1. The van der Waals surface area contributed by atoms with E-state index in [4.69, 9.17) is 27.9 Å². The molecule has 2 unspecified atom stereocenters. The summed E-state index contributed by atoms with van der Waals surface area (Å²) in [6, 6.07) is 11.0. The Labute approximate surface area is 169 Å². The van der Waals surface area contributed by atoms with Crippen LogP contribution in [0.15, 0.2) is 36.4 Å². The van der Waals surface area contributed by atoms with Crippen LogP contribution in [0, 0.1) is 5.41 Å². The monoisotopic (exact) mass is 407 g/mol. The minimum absolute atomic E-state index is 0.281. The van der Waals surface area contributed by atoms with E-state index in [1.165, 1.54) is 0 Å². The van der Waals surface area contributed by atoms with Gasteiger partial charge in [-0.25, -0.2) is 4.79 Å². The van der Waals surface area contributed by atoms with E-state index in [1.54, 1.807) is 18.2 Å². The van der Waals surface area contributed by atoms with Crippen LogP contribution < -0.4 is 10.1 Å². The summed E-state index contributed by atoms with van der Waals surface area (Å²) >= 11 is 12.8. The molecule has 0 bridgehead atoms. The molecule has 6 heteroatoms. The number of fused-ring (bicyclic) bond motifs is 1. The Morgan fingerprint density at radius 2 is 1.81 bits per heavy atom. The van der Waals surface area contributed by atoms with Crippen molar-refractivity contribution in [1.29, 1.82) is 0 Å². The Hall–Kier alpha value is -1.91. The van der Waals surface area contributed by atoms with Gasteiger partial charge in [0, 0.05) is 11.1 Å². The fraction of sp³-hybridized carbons (Fsp3) is 0.381. The van der Waals surface area contributed by atoms with Crippen LogP contribution in [0.4, 0.5) is 4.79 Å². The van der Waals surface area contributed by atoms with Crippen LogP contribution in [0.3, 0.4) is 0 Å². The Balaban J connectivity index is 2.04. The number of para-hydroxylation sites is 1. The van der Waals surface area contributed by atoms with Gasteiger partial charge < -0.3 is 15.2 Å². The van der Waals surface area contributed by atoms with E-state index in [0.29, 0.717) is 10.0 Å². The smallest absolute Gasteiger partial charge is 0.405 e. The standard InChI is InChI=1S/C21H23Cl2NO3/c1-21(2,3)19(24-20(25)26)16-11-10-12-6-4-7-13(18(12)27-16)17-14(22)8-5-9-15(17)23/h4-9,16,19,24H,10-11H2,1-3H3,(H,25,26). The molecule has 3 rings (SSSR count). The second-order valence-corrected chi connectivity index (χ2v) is 8.69. The molecule has 0 aliphatic carbocycles. The molecule has 2 aromatic carbocycles. The normalized spacial score (nSPS) is 17.6. The Morgan fingerprint density at radius 3 is 2.41 bits per heavy atom. The van der Waals surface area contributed by atoms with E-state index in [1.807, 2.05) is 39.0 Å². The third-order valence-corrected chi connectivity index (χ3v) is 5.51. The third-order valence-electron chi connectivity index (χ3n) is 4.88. The highest BCUT2D eigenvalue weighted by atomic mass is 35.5. The predicted octanol–water partition coefficient (Wildman–Crippen LogP) is 6.04. The van der Waals surface area contributed by atoms with Crippen LogP contribution in [-0.4, -0.2) is 23.3 Å². The first-order chi connectivity index (χ1) is 12.7. The van der Waals surface area contributed by atoms with Crippen molar-refractivity contribution in [3.8, 4) is 16.9 Å². The lowest BCUT2D eigenvalue weighted by atomic mass is 9.80. The number of hydrogen-bond donors (Lipinski definition) is 2. The first kappa shape index (κ1) is 19.8. The average molecular weight is 408 g/mol. The van der Waals surface area contributed by atoms with Gasteiger partial charge in [0.15, 0.2) is 0 Å². The summed E-state index contributed by atoms with van der Waals surface area (Å²) in [5, 5.41) is 13.0. The lowest BCUT2D eigenvalue weighted by Gasteiger charge is -2.39. The number of amides is 1. The number of hydrogen-bond acceptors (Lipinski definition) is 2. The highest BCUT2D eigenvalue weighted by Crippen LogP contribution is 2.44. The quantitative estimate of drug-likeness (QED) is 0.651. The average Bonchev–Trinajstić information content (AvgIpc) is 2.58. The summed E-state index contributed by atoms with van der Waals surface area (Å²) < 4.78 is 6.37. The number of rotatable bonds is 3. The van der Waals surface area contributed by atoms with Crippen LogP contribution in [-0.2, 0) is 6.42 Å². The van der Waals surface area contributed by atoms with E-state index in [-0.39, 0.29) is 17.6 Å². The molecule has 0 saturated carbocycles. The Kier molecular flexibility index (Phi) is 5.59. The topological polar surface area (TPSA) is 58.6 Å². The maximum atomic E-state index is 11.3. The second kappa shape index (κ2) is 7.61. The van der Waals surface area contributed by atoms with Crippen molar-refractivity contribution in [2.24, 2.45) is 5.41 Å². The molecule has 2 N–H and O–H groups in total. The van der Waals surface area contributed by atoms with Gasteiger partial charge in [-0.05, 0) is 36.0 Å². The summed E-state index contributed by atoms with van der Waals surface area (Å²) in [4.78, 5) is 11.3. The molecule has 1 aliphatic heterocycles. The van der Waals surface area contributed by atoms with Gasteiger partial charge >= 0.3 is 6.09 Å². The molecule has 1 heterocycles. The van der Waals surface area contributed by atoms with Gasteiger partial charge in [0.25, 0.3) is 0 Å². The highest BCUT2D eigenvalue weighted by Gasteiger charge is 2.37. The largest absolute Gasteiger partial charge is 0.487 e. The highest BCUT2D eigenvalue weighted by molar-refractivity contribution is 6.39. The van der Waals surface area contributed by atoms with Gasteiger partial charge in [-0.3, -0.25) is 0 Å². The molecule has 144 valence electrons. The molecule has 27 heavy (non-hydrogen) atoms. The molecule has 1 amide bonds. The van der Waals surface area contributed by atoms with Crippen molar-refractivity contribution in [2.45, 2.75) is 45.8 Å². The molecule has 2 atom stereocenters. The summed E-state index contributed by atoms with van der Waals surface area (Å²) in [6.45, 7) is 6.01. The van der Waals surface area contributed by atoms with Crippen LogP contribution >= 0.6 is 23.2 Å². The zero-order valence-electron chi connectivity index (χ0n) is 15.6. The molecule has 0 spiro atoms. The Bertz CT molecular complexity index is 841. The van der Waals surface area contributed by atoms with E-state index in [9.17, 15) is 9.90 Å². The predicted molar refractivity (Wildman–Crippen MR) is 109 cm³/mol. The molecule has 4 nitrogen and oxygen atoms in total. The zero-order valence-corrected chi connectivity index (χ0v) is 17.1. The van der Waals surface area contributed by atoms with E-state index < -0.39 is 6.09 Å². The molecule has 0 aromatic heterocycles. The minimum atomic E-state index is -1.05. The SMILES string of the molecule is CC(C)(C)C(NC(=O)O)C1CCc2cccc(-c3c(Cl)cccc3Cl)c2O1. The summed E-state index contributed by atoms with van der Waals surface area (Å²) in [6.07, 6.45) is 0.196. The maximum Gasteiger partial charge on any atom is 0.405 e. The zero-order chi connectivity index (χ0) is 19.8. The van der Waals surface area contributed by atoms with Gasteiger partial charge in [0.2, 0.25) is 0 Å². The van der Waals surface area contributed by atoms with Crippen molar-refractivity contribution in [2.75, 3.05) is 0 Å². The number of nitrogens with one attached hydrogen (secondary N) is 1. The first-order valence-electron chi connectivity index (χ1n) is 8.91. The van der Waals surface area contributed by atoms with Gasteiger partial charge in [-0.1, -0.05) is 68.2 Å². The van der Waals surface area contributed by atoms with Crippen molar-refractivity contribution in [3.05, 3.63) is 52.0 Å². The molecule has 1 aliphatic rings. The third kappa shape index (κ3) is 4.17. The Morgan fingerprint density at radius 1 is 1.19 bits per heavy atom. The van der Waals surface area contributed by atoms with Crippen molar-refractivity contribution >= 4 is 29.3 Å². The van der Waals surface area contributed by atoms with Gasteiger partial charge in [-0.2, -0.15) is 0 Å². The van der Waals surface area contributed by atoms with Gasteiger partial charge in [0.05, 0.1) is 16.1 Å². The lowest BCUT2D eigenvalue weighted by Crippen LogP contribution is -2.53. The summed E-state index contributed by atoms with van der Waals surface area (Å²) in [7, 11) is 0. The minimum Gasteiger partial charge on any atom is -0.487 e. The number of carboxylic acid groups (broad SMARTS) is 1. The van der Waals surface area contributed by atoms with E-state index in [0.717, 1.165) is 35.3 Å². The van der Waals surface area contributed by atoms with Crippen LogP contribution in [0.25, 0.3) is 11.1 Å². The van der Waals surface area contributed by atoms with Crippen molar-refractivity contribution in [3.63, 3.8) is 0 Å². The van der Waals surface area contributed by atoms with E-state index >= 15 is 0 Å². The molecule has 0 fully saturated rings. The van der Waals surface area contributed by atoms with Gasteiger partial charge in [0.1, 0.15) is 11.9 Å². The molecule has 2 aromatic rings. The second-order valence-electron chi connectivity index (χ2n) is 7.88. The summed E-state index contributed by atoms with van der Waals surface area (Å²) in [5.41, 5.74) is 2.34. The number of aryl methyl sites for hydroxylation is 1. The van der Waals surface area contributed by atoms with Crippen molar-refractivity contribution in [1.82, 2.24) is 5.32 Å². The lowest BCUT2D eigenvalue weighted by molar-refractivity contribution is 0.0723. The van der Waals surface area contributed by atoms with Crippen LogP contribution in [0.5, 0.6) is 5.75 Å².